The highest BCUT2D eigenvalue weighted by molar-refractivity contribution is 4.76. The van der Waals surface area contributed by atoms with E-state index >= 15 is 0 Å². The second kappa shape index (κ2) is 6.38. The summed E-state index contributed by atoms with van der Waals surface area (Å²) in [6.45, 7) is 5.38. The lowest BCUT2D eigenvalue weighted by atomic mass is 9.92. The molecule has 84 valence electrons. The third-order valence-electron chi connectivity index (χ3n) is 3.34. The van der Waals surface area contributed by atoms with E-state index in [1.54, 1.807) is 0 Å². The SMILES string of the molecule is CCC(C)C(CC1CCCCO1)NN. The molecule has 0 amide bonds. The summed E-state index contributed by atoms with van der Waals surface area (Å²) in [5, 5.41) is 0. The summed E-state index contributed by atoms with van der Waals surface area (Å²) in [4.78, 5) is 0. The van der Waals surface area contributed by atoms with E-state index in [1.807, 2.05) is 0 Å². The number of nitrogens with two attached hydrogens (primary N) is 1. The minimum absolute atomic E-state index is 0.406. The fourth-order valence-corrected chi connectivity index (χ4v) is 2.03. The lowest BCUT2D eigenvalue weighted by molar-refractivity contribution is 0.00151. The third kappa shape index (κ3) is 3.56. The van der Waals surface area contributed by atoms with Gasteiger partial charge in [0.05, 0.1) is 6.10 Å². The first-order valence-electron chi connectivity index (χ1n) is 5.85. The van der Waals surface area contributed by atoms with Gasteiger partial charge in [0.1, 0.15) is 0 Å². The lowest BCUT2D eigenvalue weighted by Crippen LogP contribution is -2.43. The molecule has 0 aromatic carbocycles. The van der Waals surface area contributed by atoms with Gasteiger partial charge in [-0.05, 0) is 31.6 Å². The van der Waals surface area contributed by atoms with E-state index in [4.69, 9.17) is 10.6 Å². The highest BCUT2D eigenvalue weighted by atomic mass is 16.5. The van der Waals surface area contributed by atoms with Crippen molar-refractivity contribution in [3.8, 4) is 0 Å². The molecule has 1 fully saturated rings. The molecule has 0 aliphatic carbocycles. The van der Waals surface area contributed by atoms with Crippen molar-refractivity contribution < 1.29 is 4.74 Å². The van der Waals surface area contributed by atoms with Gasteiger partial charge in [-0.1, -0.05) is 20.3 Å². The van der Waals surface area contributed by atoms with Crippen LogP contribution in [0.25, 0.3) is 0 Å². The van der Waals surface area contributed by atoms with Gasteiger partial charge in [-0.25, -0.2) is 0 Å². The van der Waals surface area contributed by atoms with Gasteiger partial charge < -0.3 is 4.74 Å². The molecule has 0 radical (unpaired) electrons. The van der Waals surface area contributed by atoms with Gasteiger partial charge >= 0.3 is 0 Å². The molecule has 1 rings (SSSR count). The summed E-state index contributed by atoms with van der Waals surface area (Å²) in [6, 6.07) is 0.406. The predicted molar refractivity (Wildman–Crippen MR) is 58.8 cm³/mol. The summed E-state index contributed by atoms with van der Waals surface area (Å²) in [6.07, 6.45) is 6.39. The molecular formula is C11H24N2O. The number of hydrogen-bond donors (Lipinski definition) is 2. The Morgan fingerprint density at radius 1 is 1.50 bits per heavy atom. The Hall–Kier alpha value is -0.120. The summed E-state index contributed by atoms with van der Waals surface area (Å²) >= 11 is 0. The number of nitrogens with one attached hydrogen (secondary N) is 1. The van der Waals surface area contributed by atoms with Crippen LogP contribution in [0.4, 0.5) is 0 Å². The average Bonchev–Trinajstić information content (AvgIpc) is 2.26. The van der Waals surface area contributed by atoms with E-state index in [0.29, 0.717) is 18.1 Å². The van der Waals surface area contributed by atoms with Crippen molar-refractivity contribution >= 4 is 0 Å². The Morgan fingerprint density at radius 2 is 2.29 bits per heavy atom. The van der Waals surface area contributed by atoms with Gasteiger partial charge in [0.15, 0.2) is 0 Å². The van der Waals surface area contributed by atoms with Crippen LogP contribution in [0.1, 0.15) is 46.0 Å². The smallest absolute Gasteiger partial charge is 0.0590 e. The Labute approximate surface area is 87.4 Å². The van der Waals surface area contributed by atoms with Crippen LogP contribution in [-0.4, -0.2) is 18.8 Å². The lowest BCUT2D eigenvalue weighted by Gasteiger charge is -2.29. The van der Waals surface area contributed by atoms with Crippen molar-refractivity contribution in [1.82, 2.24) is 5.43 Å². The van der Waals surface area contributed by atoms with Crippen LogP contribution in [0.2, 0.25) is 0 Å². The quantitative estimate of drug-likeness (QED) is 0.526. The van der Waals surface area contributed by atoms with Crippen molar-refractivity contribution in [3.63, 3.8) is 0 Å². The normalized spacial score (nSPS) is 27.2. The molecular weight excluding hydrogens is 176 g/mol. The maximum Gasteiger partial charge on any atom is 0.0590 e. The van der Waals surface area contributed by atoms with Gasteiger partial charge in [-0.2, -0.15) is 0 Å². The second-order valence-corrected chi connectivity index (χ2v) is 4.38. The molecule has 1 aliphatic rings. The first-order valence-corrected chi connectivity index (χ1v) is 5.85. The van der Waals surface area contributed by atoms with Gasteiger partial charge in [0.25, 0.3) is 0 Å². The van der Waals surface area contributed by atoms with Crippen LogP contribution in [0, 0.1) is 5.92 Å². The standard InChI is InChI=1S/C11H24N2O/c1-3-9(2)11(13-12)8-10-6-4-5-7-14-10/h9-11,13H,3-8,12H2,1-2H3. The summed E-state index contributed by atoms with van der Waals surface area (Å²) < 4.78 is 5.71. The number of rotatable bonds is 5. The monoisotopic (exact) mass is 200 g/mol. The summed E-state index contributed by atoms with van der Waals surface area (Å²) in [5.74, 6) is 6.19. The molecule has 0 aromatic heterocycles. The first-order chi connectivity index (χ1) is 6.77. The molecule has 3 atom stereocenters. The van der Waals surface area contributed by atoms with Crippen molar-refractivity contribution in [2.24, 2.45) is 11.8 Å². The summed E-state index contributed by atoms with van der Waals surface area (Å²) in [5.41, 5.74) is 2.92. The third-order valence-corrected chi connectivity index (χ3v) is 3.34. The van der Waals surface area contributed by atoms with Crippen LogP contribution in [-0.2, 0) is 4.74 Å². The van der Waals surface area contributed by atoms with Gasteiger partial charge in [-0.15, -0.1) is 0 Å². The zero-order chi connectivity index (χ0) is 10.4. The van der Waals surface area contributed by atoms with Crippen LogP contribution in [0.3, 0.4) is 0 Å². The van der Waals surface area contributed by atoms with E-state index in [0.717, 1.165) is 13.0 Å². The molecule has 1 heterocycles. The fourth-order valence-electron chi connectivity index (χ4n) is 2.03. The van der Waals surface area contributed by atoms with Crippen LogP contribution in [0.15, 0.2) is 0 Å². The molecule has 3 unspecified atom stereocenters. The van der Waals surface area contributed by atoms with Gasteiger partial charge in [0, 0.05) is 12.6 Å². The molecule has 3 N–H and O–H groups in total. The highest BCUT2D eigenvalue weighted by Gasteiger charge is 2.21. The zero-order valence-electron chi connectivity index (χ0n) is 9.46. The van der Waals surface area contributed by atoms with Crippen molar-refractivity contribution in [2.45, 2.75) is 58.1 Å². The minimum Gasteiger partial charge on any atom is -0.378 e. The van der Waals surface area contributed by atoms with Crippen molar-refractivity contribution in [1.29, 1.82) is 0 Å². The van der Waals surface area contributed by atoms with E-state index in [9.17, 15) is 0 Å². The maximum atomic E-state index is 5.71. The molecule has 0 aromatic rings. The molecule has 0 spiro atoms. The Balaban J connectivity index is 2.30. The van der Waals surface area contributed by atoms with Gasteiger partial charge in [-0.3, -0.25) is 11.3 Å². The number of hydrogen-bond acceptors (Lipinski definition) is 3. The van der Waals surface area contributed by atoms with Crippen LogP contribution >= 0.6 is 0 Å². The Morgan fingerprint density at radius 3 is 2.79 bits per heavy atom. The fraction of sp³-hybridized carbons (Fsp3) is 1.00. The van der Waals surface area contributed by atoms with Crippen molar-refractivity contribution in [2.75, 3.05) is 6.61 Å². The highest BCUT2D eigenvalue weighted by Crippen LogP contribution is 2.20. The molecule has 3 nitrogen and oxygen atoms in total. The minimum atomic E-state index is 0.406. The molecule has 0 bridgehead atoms. The largest absolute Gasteiger partial charge is 0.378 e. The molecule has 3 heteroatoms. The van der Waals surface area contributed by atoms with E-state index in [-0.39, 0.29) is 0 Å². The second-order valence-electron chi connectivity index (χ2n) is 4.38. The molecule has 1 saturated heterocycles. The van der Waals surface area contributed by atoms with Gasteiger partial charge in [0.2, 0.25) is 0 Å². The van der Waals surface area contributed by atoms with Crippen molar-refractivity contribution in [3.05, 3.63) is 0 Å². The van der Waals surface area contributed by atoms with Crippen LogP contribution < -0.4 is 11.3 Å². The Kier molecular flexibility index (Phi) is 5.45. The molecule has 1 aliphatic heterocycles. The topological polar surface area (TPSA) is 47.3 Å². The maximum absolute atomic E-state index is 5.71. The summed E-state index contributed by atoms with van der Waals surface area (Å²) in [7, 11) is 0. The van der Waals surface area contributed by atoms with E-state index in [1.165, 1.54) is 25.7 Å². The first kappa shape index (κ1) is 12.0. The van der Waals surface area contributed by atoms with E-state index < -0.39 is 0 Å². The predicted octanol–water partition coefficient (Wildman–Crippen LogP) is 1.82. The number of hydrazine groups is 1. The molecule has 14 heavy (non-hydrogen) atoms. The van der Waals surface area contributed by atoms with Crippen LogP contribution in [0.5, 0.6) is 0 Å². The van der Waals surface area contributed by atoms with E-state index in [2.05, 4.69) is 19.3 Å². The Bertz CT molecular complexity index is 146. The number of ether oxygens (including phenoxy) is 1. The molecule has 0 saturated carbocycles. The average molecular weight is 200 g/mol. The zero-order valence-corrected chi connectivity index (χ0v) is 9.46.